The lowest BCUT2D eigenvalue weighted by Crippen LogP contribution is -2.29. The van der Waals surface area contributed by atoms with Crippen LogP contribution >= 0.6 is 11.3 Å². The number of nitrogens with zero attached hydrogens (tertiary/aromatic N) is 2. The van der Waals surface area contributed by atoms with Crippen LogP contribution in [0.4, 0.5) is 8.78 Å². The highest BCUT2D eigenvalue weighted by Gasteiger charge is 2.15. The first-order chi connectivity index (χ1) is 15.3. The highest BCUT2D eigenvalue weighted by Crippen LogP contribution is 2.30. The van der Waals surface area contributed by atoms with Crippen LogP contribution in [0.1, 0.15) is 30.5 Å². The van der Waals surface area contributed by atoms with Crippen molar-refractivity contribution in [2.75, 3.05) is 0 Å². The van der Waals surface area contributed by atoms with Crippen molar-refractivity contribution < 1.29 is 13.6 Å². The van der Waals surface area contributed by atoms with Gasteiger partial charge in [0.15, 0.2) is 11.6 Å². The first-order valence-corrected chi connectivity index (χ1v) is 11.0. The largest absolute Gasteiger partial charge is 0.350 e. The topological polar surface area (TPSA) is 64.0 Å². The SMILES string of the molecule is Cc1ccc(-c2csc3ncn(CCC(=O)N[C@H](C)c4ccc(F)c(F)c4)c(=O)c23)cc1. The van der Waals surface area contributed by atoms with Gasteiger partial charge >= 0.3 is 0 Å². The minimum absolute atomic E-state index is 0.0467. The molecule has 164 valence electrons. The number of hydrogen-bond acceptors (Lipinski definition) is 4. The van der Waals surface area contributed by atoms with E-state index < -0.39 is 17.7 Å². The smallest absolute Gasteiger partial charge is 0.262 e. The second kappa shape index (κ2) is 9.00. The fourth-order valence-electron chi connectivity index (χ4n) is 3.47. The van der Waals surface area contributed by atoms with E-state index in [0.717, 1.165) is 28.8 Å². The summed E-state index contributed by atoms with van der Waals surface area (Å²) in [6.07, 6.45) is 1.50. The van der Waals surface area contributed by atoms with Crippen molar-refractivity contribution in [3.8, 4) is 11.1 Å². The number of thiophene rings is 1. The number of nitrogens with one attached hydrogen (secondary N) is 1. The fraction of sp³-hybridized carbons (Fsp3) is 0.208. The van der Waals surface area contributed by atoms with Crippen molar-refractivity contribution in [1.82, 2.24) is 14.9 Å². The molecule has 5 nitrogen and oxygen atoms in total. The summed E-state index contributed by atoms with van der Waals surface area (Å²) < 4.78 is 28.0. The van der Waals surface area contributed by atoms with Gasteiger partial charge in [-0.1, -0.05) is 35.9 Å². The number of aromatic nitrogens is 2. The summed E-state index contributed by atoms with van der Waals surface area (Å²) in [5.74, 6) is -2.21. The number of aryl methyl sites for hydroxylation is 2. The third-order valence-electron chi connectivity index (χ3n) is 5.32. The third-order valence-corrected chi connectivity index (χ3v) is 6.21. The highest BCUT2D eigenvalue weighted by atomic mass is 32.1. The van der Waals surface area contributed by atoms with Gasteiger partial charge in [-0.25, -0.2) is 13.8 Å². The Kier molecular flexibility index (Phi) is 6.14. The maximum atomic E-state index is 13.4. The average molecular weight is 454 g/mol. The Morgan fingerprint density at radius 3 is 2.62 bits per heavy atom. The van der Waals surface area contributed by atoms with E-state index in [1.807, 2.05) is 36.6 Å². The summed E-state index contributed by atoms with van der Waals surface area (Å²) in [7, 11) is 0. The van der Waals surface area contributed by atoms with Crippen LogP contribution in [0, 0.1) is 18.6 Å². The van der Waals surface area contributed by atoms with Crippen molar-refractivity contribution in [2.45, 2.75) is 32.9 Å². The number of amides is 1. The molecule has 0 unspecified atom stereocenters. The predicted molar refractivity (Wildman–Crippen MR) is 122 cm³/mol. The fourth-order valence-corrected chi connectivity index (χ4v) is 4.38. The Morgan fingerprint density at radius 1 is 1.16 bits per heavy atom. The molecular weight excluding hydrogens is 432 g/mol. The Bertz CT molecular complexity index is 1350. The zero-order chi connectivity index (χ0) is 22.8. The first kappa shape index (κ1) is 21.8. The van der Waals surface area contributed by atoms with Crippen LogP contribution in [0.3, 0.4) is 0 Å². The summed E-state index contributed by atoms with van der Waals surface area (Å²) in [4.78, 5) is 30.5. The highest BCUT2D eigenvalue weighted by molar-refractivity contribution is 7.17. The molecule has 0 aliphatic carbocycles. The van der Waals surface area contributed by atoms with Crippen LogP contribution in [0.5, 0.6) is 0 Å². The molecule has 2 aromatic heterocycles. The summed E-state index contributed by atoms with van der Waals surface area (Å²) in [6.45, 7) is 3.84. The van der Waals surface area contributed by atoms with Gasteiger partial charge in [0.05, 0.1) is 17.8 Å². The molecule has 0 bridgehead atoms. The Morgan fingerprint density at radius 2 is 1.91 bits per heavy atom. The lowest BCUT2D eigenvalue weighted by molar-refractivity contribution is -0.121. The van der Waals surface area contributed by atoms with Crippen molar-refractivity contribution in [1.29, 1.82) is 0 Å². The zero-order valence-corrected chi connectivity index (χ0v) is 18.4. The van der Waals surface area contributed by atoms with E-state index in [2.05, 4.69) is 10.3 Å². The maximum Gasteiger partial charge on any atom is 0.262 e. The van der Waals surface area contributed by atoms with Crippen LogP contribution in [-0.4, -0.2) is 15.5 Å². The molecule has 4 rings (SSSR count). The van der Waals surface area contributed by atoms with Crippen LogP contribution in [0.2, 0.25) is 0 Å². The second-order valence-corrected chi connectivity index (χ2v) is 8.51. The van der Waals surface area contributed by atoms with Gasteiger partial charge in [0.2, 0.25) is 5.91 Å². The molecule has 0 saturated carbocycles. The van der Waals surface area contributed by atoms with E-state index in [0.29, 0.717) is 15.8 Å². The molecule has 2 aromatic carbocycles. The van der Waals surface area contributed by atoms with Gasteiger partial charge < -0.3 is 5.32 Å². The summed E-state index contributed by atoms with van der Waals surface area (Å²) >= 11 is 1.41. The van der Waals surface area contributed by atoms with E-state index in [9.17, 15) is 18.4 Å². The summed E-state index contributed by atoms with van der Waals surface area (Å²) in [5, 5.41) is 5.21. The van der Waals surface area contributed by atoms with Gasteiger partial charge in [0.25, 0.3) is 5.56 Å². The molecule has 0 saturated heterocycles. The number of carbonyl (C=O) groups excluding carboxylic acids is 1. The molecular formula is C24H21F2N3O2S. The molecule has 32 heavy (non-hydrogen) atoms. The van der Waals surface area contributed by atoms with Gasteiger partial charge in [0, 0.05) is 23.9 Å². The molecule has 0 aliphatic heterocycles. The van der Waals surface area contributed by atoms with Crippen LogP contribution < -0.4 is 10.9 Å². The quantitative estimate of drug-likeness (QED) is 0.448. The van der Waals surface area contributed by atoms with E-state index in [1.165, 1.54) is 28.3 Å². The van der Waals surface area contributed by atoms with Gasteiger partial charge in [-0.2, -0.15) is 0 Å². The monoisotopic (exact) mass is 453 g/mol. The van der Waals surface area contributed by atoms with Crippen LogP contribution in [0.25, 0.3) is 21.3 Å². The molecule has 8 heteroatoms. The Hall–Kier alpha value is -3.39. The minimum atomic E-state index is -0.963. The summed E-state index contributed by atoms with van der Waals surface area (Å²) in [5.41, 5.74) is 3.16. The lowest BCUT2D eigenvalue weighted by atomic mass is 10.1. The molecule has 0 aliphatic rings. The Balaban J connectivity index is 1.49. The number of hydrogen-bond donors (Lipinski definition) is 1. The lowest BCUT2D eigenvalue weighted by Gasteiger charge is -2.15. The average Bonchev–Trinajstić information content (AvgIpc) is 3.20. The van der Waals surface area contributed by atoms with Crippen molar-refractivity contribution >= 4 is 27.5 Å². The second-order valence-electron chi connectivity index (χ2n) is 7.65. The normalized spacial score (nSPS) is 12.1. The van der Waals surface area contributed by atoms with Gasteiger partial charge in [-0.05, 0) is 37.1 Å². The molecule has 1 N–H and O–H groups in total. The molecule has 0 spiro atoms. The van der Waals surface area contributed by atoms with Gasteiger partial charge in [-0.3, -0.25) is 14.2 Å². The van der Waals surface area contributed by atoms with Gasteiger partial charge in [-0.15, -0.1) is 11.3 Å². The van der Waals surface area contributed by atoms with E-state index in [1.54, 1.807) is 6.92 Å². The number of rotatable bonds is 6. The number of benzene rings is 2. The number of fused-ring (bicyclic) bond motifs is 1. The van der Waals surface area contributed by atoms with Crippen molar-refractivity contribution in [2.24, 2.45) is 0 Å². The van der Waals surface area contributed by atoms with E-state index in [4.69, 9.17) is 0 Å². The molecule has 0 fully saturated rings. The standard InChI is InChI=1S/C24H21F2N3O2S/c1-14-3-5-16(6-4-14)18-12-32-23-22(18)24(31)29(13-27-23)10-9-21(30)28-15(2)17-7-8-19(25)20(26)11-17/h3-8,11-13,15H,9-10H2,1-2H3,(H,28,30)/t15-/m1/s1. The molecule has 4 aromatic rings. The maximum absolute atomic E-state index is 13.4. The Labute approximate surface area is 187 Å². The zero-order valence-electron chi connectivity index (χ0n) is 17.6. The van der Waals surface area contributed by atoms with Crippen LogP contribution in [-0.2, 0) is 11.3 Å². The van der Waals surface area contributed by atoms with Crippen LogP contribution in [0.15, 0.2) is 59.0 Å². The van der Waals surface area contributed by atoms with Crippen molar-refractivity contribution in [3.63, 3.8) is 0 Å². The van der Waals surface area contributed by atoms with E-state index >= 15 is 0 Å². The molecule has 1 amide bonds. The first-order valence-electron chi connectivity index (χ1n) is 10.1. The number of halogens is 2. The van der Waals surface area contributed by atoms with E-state index in [-0.39, 0.29) is 24.4 Å². The van der Waals surface area contributed by atoms with Gasteiger partial charge in [0.1, 0.15) is 4.83 Å². The predicted octanol–water partition coefficient (Wildman–Crippen LogP) is 4.98. The molecule has 1 atom stereocenters. The molecule has 2 heterocycles. The molecule has 0 radical (unpaired) electrons. The third kappa shape index (κ3) is 4.45. The van der Waals surface area contributed by atoms with Crippen molar-refractivity contribution in [3.05, 3.63) is 87.3 Å². The summed E-state index contributed by atoms with van der Waals surface area (Å²) in [6, 6.07) is 10.9. The minimum Gasteiger partial charge on any atom is -0.350 e. The number of carbonyl (C=O) groups is 1.